The van der Waals surface area contributed by atoms with Crippen molar-refractivity contribution in [2.75, 3.05) is 19.7 Å². The molecule has 1 atom stereocenters. The van der Waals surface area contributed by atoms with Crippen LogP contribution in [0, 0.1) is 5.92 Å². The van der Waals surface area contributed by atoms with E-state index >= 15 is 0 Å². The minimum atomic E-state index is -0.100. The topological polar surface area (TPSA) is 38.3 Å². The predicted molar refractivity (Wildman–Crippen MR) is 67.4 cm³/mol. The number of carbonyl (C=O) groups is 1. The smallest absolute Gasteiger partial charge is 0.307 e. The van der Waals surface area contributed by atoms with Gasteiger partial charge in [0.1, 0.15) is 0 Å². The fourth-order valence-corrected chi connectivity index (χ4v) is 1.67. The summed E-state index contributed by atoms with van der Waals surface area (Å²) in [6.45, 7) is 8.53. The second-order valence-electron chi connectivity index (χ2n) is 4.18. The standard InChI is InChI=1S/C13H27NO2/c1-4-7-8-12(5-2)11-14-10-9-13(15)16-6-3/h12,14H,4-11H2,1-3H3. The highest BCUT2D eigenvalue weighted by atomic mass is 16.5. The van der Waals surface area contributed by atoms with Gasteiger partial charge in [0.05, 0.1) is 13.0 Å². The molecular formula is C13H27NO2. The third kappa shape index (κ3) is 8.72. The Bertz CT molecular complexity index is 171. The summed E-state index contributed by atoms with van der Waals surface area (Å²) < 4.78 is 4.86. The Hall–Kier alpha value is -0.570. The van der Waals surface area contributed by atoms with Gasteiger partial charge in [-0.15, -0.1) is 0 Å². The predicted octanol–water partition coefficient (Wildman–Crippen LogP) is 2.75. The first-order chi connectivity index (χ1) is 7.74. The van der Waals surface area contributed by atoms with Gasteiger partial charge in [-0.2, -0.15) is 0 Å². The van der Waals surface area contributed by atoms with Crippen molar-refractivity contribution in [1.82, 2.24) is 5.32 Å². The maximum absolute atomic E-state index is 11.1. The SMILES string of the molecule is CCCCC(CC)CNCCC(=O)OCC. The van der Waals surface area contributed by atoms with Gasteiger partial charge in [-0.3, -0.25) is 4.79 Å². The molecule has 0 aliphatic rings. The van der Waals surface area contributed by atoms with Crippen LogP contribution < -0.4 is 5.32 Å². The van der Waals surface area contributed by atoms with E-state index in [9.17, 15) is 4.79 Å². The van der Waals surface area contributed by atoms with E-state index in [1.165, 1.54) is 25.7 Å². The molecule has 16 heavy (non-hydrogen) atoms. The third-order valence-electron chi connectivity index (χ3n) is 2.79. The van der Waals surface area contributed by atoms with Crippen molar-refractivity contribution in [2.45, 2.75) is 52.9 Å². The minimum Gasteiger partial charge on any atom is -0.466 e. The van der Waals surface area contributed by atoms with Gasteiger partial charge >= 0.3 is 5.97 Å². The number of hydrogen-bond donors (Lipinski definition) is 1. The number of hydrogen-bond acceptors (Lipinski definition) is 3. The molecule has 0 saturated carbocycles. The summed E-state index contributed by atoms with van der Waals surface area (Å²) in [5.74, 6) is 0.652. The number of rotatable bonds is 10. The Morgan fingerprint density at radius 1 is 1.31 bits per heavy atom. The van der Waals surface area contributed by atoms with Gasteiger partial charge in [0.2, 0.25) is 0 Å². The van der Waals surface area contributed by atoms with E-state index < -0.39 is 0 Å². The van der Waals surface area contributed by atoms with Crippen LogP contribution >= 0.6 is 0 Å². The van der Waals surface area contributed by atoms with Crippen LogP contribution in [-0.2, 0) is 9.53 Å². The third-order valence-corrected chi connectivity index (χ3v) is 2.79. The molecule has 0 rings (SSSR count). The van der Waals surface area contributed by atoms with E-state index in [4.69, 9.17) is 4.74 Å². The molecule has 0 aromatic heterocycles. The first-order valence-corrected chi connectivity index (χ1v) is 6.60. The Kier molecular flexibility index (Phi) is 10.5. The molecule has 1 N–H and O–H groups in total. The van der Waals surface area contributed by atoms with Crippen molar-refractivity contribution in [1.29, 1.82) is 0 Å². The molecule has 0 fully saturated rings. The first kappa shape index (κ1) is 15.4. The lowest BCUT2D eigenvalue weighted by Gasteiger charge is -2.14. The fraction of sp³-hybridized carbons (Fsp3) is 0.923. The summed E-state index contributed by atoms with van der Waals surface area (Å²) >= 11 is 0. The summed E-state index contributed by atoms with van der Waals surface area (Å²) in [7, 11) is 0. The van der Waals surface area contributed by atoms with Crippen LogP contribution in [-0.4, -0.2) is 25.7 Å². The number of nitrogens with one attached hydrogen (secondary N) is 1. The van der Waals surface area contributed by atoms with Crippen LogP contribution in [0.5, 0.6) is 0 Å². The van der Waals surface area contributed by atoms with E-state index in [0.717, 1.165) is 19.0 Å². The molecule has 0 amide bonds. The molecule has 0 bridgehead atoms. The summed E-state index contributed by atoms with van der Waals surface area (Å²) in [6.07, 6.45) is 5.56. The zero-order valence-electron chi connectivity index (χ0n) is 11.1. The van der Waals surface area contributed by atoms with E-state index in [1.807, 2.05) is 6.92 Å². The number of esters is 1. The van der Waals surface area contributed by atoms with Crippen molar-refractivity contribution in [2.24, 2.45) is 5.92 Å². The zero-order valence-corrected chi connectivity index (χ0v) is 11.1. The summed E-state index contributed by atoms with van der Waals surface area (Å²) in [5.41, 5.74) is 0. The maximum Gasteiger partial charge on any atom is 0.307 e. The van der Waals surface area contributed by atoms with Gasteiger partial charge in [-0.05, 0) is 25.8 Å². The normalized spacial score (nSPS) is 12.4. The monoisotopic (exact) mass is 229 g/mol. The second kappa shape index (κ2) is 10.9. The van der Waals surface area contributed by atoms with Gasteiger partial charge in [0, 0.05) is 6.54 Å². The fourth-order valence-electron chi connectivity index (χ4n) is 1.67. The molecule has 1 unspecified atom stereocenters. The lowest BCUT2D eigenvalue weighted by atomic mass is 9.99. The minimum absolute atomic E-state index is 0.100. The molecule has 3 heteroatoms. The van der Waals surface area contributed by atoms with Crippen LogP contribution in [0.1, 0.15) is 52.9 Å². The molecule has 0 aromatic rings. The molecule has 0 spiro atoms. The quantitative estimate of drug-likeness (QED) is 0.462. The van der Waals surface area contributed by atoms with Crippen LogP contribution in [0.4, 0.5) is 0 Å². The summed E-state index contributed by atoms with van der Waals surface area (Å²) in [6, 6.07) is 0. The molecule has 0 saturated heterocycles. The van der Waals surface area contributed by atoms with Crippen molar-refractivity contribution in [3.05, 3.63) is 0 Å². The number of ether oxygens (including phenoxy) is 1. The Balaban J connectivity index is 3.43. The lowest BCUT2D eigenvalue weighted by molar-refractivity contribution is -0.142. The van der Waals surface area contributed by atoms with E-state index in [0.29, 0.717) is 13.0 Å². The van der Waals surface area contributed by atoms with Gasteiger partial charge in [-0.25, -0.2) is 0 Å². The van der Waals surface area contributed by atoms with Crippen LogP contribution in [0.3, 0.4) is 0 Å². The van der Waals surface area contributed by atoms with Crippen LogP contribution in [0.2, 0.25) is 0 Å². The zero-order chi connectivity index (χ0) is 12.2. The molecule has 96 valence electrons. The average molecular weight is 229 g/mol. The van der Waals surface area contributed by atoms with Crippen molar-refractivity contribution in [3.63, 3.8) is 0 Å². The van der Waals surface area contributed by atoms with Gasteiger partial charge in [0.25, 0.3) is 0 Å². The van der Waals surface area contributed by atoms with Crippen molar-refractivity contribution >= 4 is 5.97 Å². The van der Waals surface area contributed by atoms with Gasteiger partial charge in [-0.1, -0.05) is 33.1 Å². The molecule has 3 nitrogen and oxygen atoms in total. The van der Waals surface area contributed by atoms with E-state index in [-0.39, 0.29) is 5.97 Å². The van der Waals surface area contributed by atoms with Gasteiger partial charge < -0.3 is 10.1 Å². The highest BCUT2D eigenvalue weighted by Crippen LogP contribution is 2.10. The van der Waals surface area contributed by atoms with Crippen LogP contribution in [0.15, 0.2) is 0 Å². The largest absolute Gasteiger partial charge is 0.466 e. The number of unbranched alkanes of at least 4 members (excludes halogenated alkanes) is 1. The van der Waals surface area contributed by atoms with Crippen molar-refractivity contribution in [3.8, 4) is 0 Å². The second-order valence-corrected chi connectivity index (χ2v) is 4.18. The lowest BCUT2D eigenvalue weighted by Crippen LogP contribution is -2.25. The number of carbonyl (C=O) groups excluding carboxylic acids is 1. The molecule has 0 aliphatic carbocycles. The maximum atomic E-state index is 11.1. The molecule has 0 aromatic carbocycles. The Morgan fingerprint density at radius 3 is 2.62 bits per heavy atom. The highest BCUT2D eigenvalue weighted by Gasteiger charge is 2.06. The summed E-state index contributed by atoms with van der Waals surface area (Å²) in [5, 5.41) is 3.33. The Labute approximate surface area is 99.9 Å². The molecular weight excluding hydrogens is 202 g/mol. The average Bonchev–Trinajstić information content (AvgIpc) is 2.28. The van der Waals surface area contributed by atoms with Crippen LogP contribution in [0.25, 0.3) is 0 Å². The summed E-state index contributed by atoms with van der Waals surface area (Å²) in [4.78, 5) is 11.1. The van der Waals surface area contributed by atoms with E-state index in [1.54, 1.807) is 0 Å². The Morgan fingerprint density at radius 2 is 2.06 bits per heavy atom. The first-order valence-electron chi connectivity index (χ1n) is 6.60. The highest BCUT2D eigenvalue weighted by molar-refractivity contribution is 5.69. The molecule has 0 radical (unpaired) electrons. The molecule has 0 heterocycles. The van der Waals surface area contributed by atoms with Crippen molar-refractivity contribution < 1.29 is 9.53 Å². The molecule has 0 aliphatic heterocycles. The van der Waals surface area contributed by atoms with E-state index in [2.05, 4.69) is 19.2 Å². The van der Waals surface area contributed by atoms with Gasteiger partial charge in [0.15, 0.2) is 0 Å².